The van der Waals surface area contributed by atoms with E-state index in [9.17, 15) is 4.39 Å². The number of nitriles is 1. The molecule has 2 nitrogen and oxygen atoms in total. The average Bonchev–Trinajstić information content (AvgIpc) is 2.40. The van der Waals surface area contributed by atoms with Crippen molar-refractivity contribution in [3.05, 3.63) is 47.8 Å². The minimum absolute atomic E-state index is 0.222. The Kier molecular flexibility index (Phi) is 4.11. The van der Waals surface area contributed by atoms with Gasteiger partial charge in [0.05, 0.1) is 5.56 Å². The van der Waals surface area contributed by atoms with Gasteiger partial charge < -0.3 is 0 Å². The van der Waals surface area contributed by atoms with Crippen molar-refractivity contribution < 1.29 is 4.39 Å². The van der Waals surface area contributed by atoms with Crippen LogP contribution in [0.2, 0.25) is 0 Å². The first-order valence-corrected chi connectivity index (χ1v) is 6.28. The predicted octanol–water partition coefficient (Wildman–Crippen LogP) is 3.06. The van der Waals surface area contributed by atoms with E-state index in [4.69, 9.17) is 5.26 Å². The number of hydrogen-bond donors (Lipinski definition) is 0. The fourth-order valence-electron chi connectivity index (χ4n) is 2.61. The minimum Gasteiger partial charge on any atom is -0.300 e. The number of piperidine rings is 1. The van der Waals surface area contributed by atoms with Crippen LogP contribution in [-0.4, -0.2) is 24.5 Å². The van der Waals surface area contributed by atoms with Crippen LogP contribution < -0.4 is 0 Å². The van der Waals surface area contributed by atoms with E-state index >= 15 is 0 Å². The van der Waals surface area contributed by atoms with E-state index in [1.807, 2.05) is 18.2 Å². The lowest BCUT2D eigenvalue weighted by Crippen LogP contribution is -2.33. The smallest absolute Gasteiger partial charge is 0.141 e. The number of hydrogen-bond acceptors (Lipinski definition) is 2. The average molecular weight is 244 g/mol. The third-order valence-corrected chi connectivity index (χ3v) is 3.57. The van der Waals surface area contributed by atoms with Crippen molar-refractivity contribution in [3.8, 4) is 6.07 Å². The summed E-state index contributed by atoms with van der Waals surface area (Å²) in [5.74, 6) is -0.0973. The van der Waals surface area contributed by atoms with Crippen molar-refractivity contribution in [2.24, 2.45) is 0 Å². The summed E-state index contributed by atoms with van der Waals surface area (Å²) in [7, 11) is 0. The van der Waals surface area contributed by atoms with Crippen molar-refractivity contribution in [2.45, 2.75) is 18.8 Å². The standard InChI is InChI=1S/C15H17FN2/c1-2-8-18-9-6-12(7-10-18)13-4-3-5-15(16)14(13)11-17/h2-5,12H,1,6-10H2. The predicted molar refractivity (Wildman–Crippen MR) is 69.7 cm³/mol. The van der Waals surface area contributed by atoms with Crippen LogP contribution in [0.15, 0.2) is 30.9 Å². The molecule has 3 heteroatoms. The molecule has 1 aromatic carbocycles. The number of nitrogens with zero attached hydrogens (tertiary/aromatic N) is 2. The molecule has 1 saturated heterocycles. The van der Waals surface area contributed by atoms with Crippen molar-refractivity contribution in [1.82, 2.24) is 4.90 Å². The van der Waals surface area contributed by atoms with Gasteiger partial charge in [0.2, 0.25) is 0 Å². The molecule has 2 rings (SSSR count). The molecule has 0 saturated carbocycles. The van der Waals surface area contributed by atoms with E-state index in [0.29, 0.717) is 5.92 Å². The third kappa shape index (κ3) is 2.60. The van der Waals surface area contributed by atoms with Crippen LogP contribution >= 0.6 is 0 Å². The molecule has 1 heterocycles. The molecule has 0 amide bonds. The SMILES string of the molecule is C=CCN1CCC(c2cccc(F)c2C#N)CC1. The largest absolute Gasteiger partial charge is 0.300 e. The lowest BCUT2D eigenvalue weighted by Gasteiger charge is -2.31. The molecule has 1 aromatic rings. The summed E-state index contributed by atoms with van der Waals surface area (Å²) in [5, 5.41) is 9.05. The molecule has 18 heavy (non-hydrogen) atoms. The fourth-order valence-corrected chi connectivity index (χ4v) is 2.61. The van der Waals surface area contributed by atoms with Gasteiger partial charge in [0.1, 0.15) is 11.9 Å². The maximum atomic E-state index is 13.6. The van der Waals surface area contributed by atoms with E-state index in [0.717, 1.165) is 38.0 Å². The molecule has 0 N–H and O–H groups in total. The highest BCUT2D eigenvalue weighted by Crippen LogP contribution is 2.31. The number of rotatable bonds is 3. The van der Waals surface area contributed by atoms with Crippen LogP contribution in [0.4, 0.5) is 4.39 Å². The zero-order valence-corrected chi connectivity index (χ0v) is 10.4. The Labute approximate surface area is 107 Å². The summed E-state index contributed by atoms with van der Waals surface area (Å²) in [4.78, 5) is 2.33. The molecular weight excluding hydrogens is 227 g/mol. The molecule has 94 valence electrons. The molecule has 0 bridgehead atoms. The molecule has 1 aliphatic heterocycles. The highest BCUT2D eigenvalue weighted by atomic mass is 19.1. The molecule has 1 fully saturated rings. The summed E-state index contributed by atoms with van der Waals surface area (Å²) in [6.45, 7) is 6.61. The number of benzene rings is 1. The van der Waals surface area contributed by atoms with Gasteiger partial charge in [0, 0.05) is 6.54 Å². The summed E-state index contributed by atoms with van der Waals surface area (Å²) in [6.07, 6.45) is 3.86. The molecule has 0 atom stereocenters. The van der Waals surface area contributed by atoms with E-state index in [1.165, 1.54) is 6.07 Å². The van der Waals surface area contributed by atoms with Crippen LogP contribution in [0.1, 0.15) is 29.9 Å². The maximum Gasteiger partial charge on any atom is 0.141 e. The second-order valence-corrected chi connectivity index (χ2v) is 4.68. The van der Waals surface area contributed by atoms with Gasteiger partial charge in [-0.2, -0.15) is 5.26 Å². The quantitative estimate of drug-likeness (QED) is 0.764. The first-order valence-electron chi connectivity index (χ1n) is 6.28. The molecule has 0 unspecified atom stereocenters. The van der Waals surface area contributed by atoms with Crippen LogP contribution in [0.25, 0.3) is 0 Å². The Morgan fingerprint density at radius 1 is 1.44 bits per heavy atom. The van der Waals surface area contributed by atoms with Crippen molar-refractivity contribution in [3.63, 3.8) is 0 Å². The molecule has 1 aliphatic rings. The fraction of sp³-hybridized carbons (Fsp3) is 0.400. The molecule has 0 radical (unpaired) electrons. The number of halogens is 1. The first-order chi connectivity index (χ1) is 8.76. The topological polar surface area (TPSA) is 27.0 Å². The molecular formula is C15H17FN2. The maximum absolute atomic E-state index is 13.6. The molecule has 0 aromatic heterocycles. The Balaban J connectivity index is 2.13. The zero-order valence-electron chi connectivity index (χ0n) is 10.4. The molecule has 0 aliphatic carbocycles. The van der Waals surface area contributed by atoms with E-state index in [-0.39, 0.29) is 5.56 Å². The summed E-state index contributed by atoms with van der Waals surface area (Å²) < 4.78 is 13.6. The van der Waals surface area contributed by atoms with Crippen molar-refractivity contribution in [1.29, 1.82) is 5.26 Å². The van der Waals surface area contributed by atoms with Crippen LogP contribution in [-0.2, 0) is 0 Å². The highest BCUT2D eigenvalue weighted by Gasteiger charge is 2.23. The summed E-state index contributed by atoms with van der Waals surface area (Å²) >= 11 is 0. The van der Waals surface area contributed by atoms with Gasteiger partial charge in [-0.1, -0.05) is 18.2 Å². The van der Waals surface area contributed by atoms with Gasteiger partial charge in [-0.3, -0.25) is 4.90 Å². The Morgan fingerprint density at radius 2 is 2.17 bits per heavy atom. The Hall–Kier alpha value is -1.66. The lowest BCUT2D eigenvalue weighted by atomic mass is 9.86. The van der Waals surface area contributed by atoms with Gasteiger partial charge in [-0.25, -0.2) is 4.39 Å². The van der Waals surface area contributed by atoms with Crippen molar-refractivity contribution in [2.75, 3.05) is 19.6 Å². The number of likely N-dealkylation sites (tertiary alicyclic amines) is 1. The summed E-state index contributed by atoms with van der Waals surface area (Å²) in [5.41, 5.74) is 1.09. The summed E-state index contributed by atoms with van der Waals surface area (Å²) in [6, 6.07) is 6.93. The van der Waals surface area contributed by atoms with E-state index in [1.54, 1.807) is 6.07 Å². The highest BCUT2D eigenvalue weighted by molar-refractivity contribution is 5.41. The monoisotopic (exact) mass is 244 g/mol. The minimum atomic E-state index is -0.400. The van der Waals surface area contributed by atoms with E-state index < -0.39 is 5.82 Å². The van der Waals surface area contributed by atoms with Gasteiger partial charge >= 0.3 is 0 Å². The van der Waals surface area contributed by atoms with Gasteiger partial charge in [0.25, 0.3) is 0 Å². The normalized spacial score (nSPS) is 17.3. The second kappa shape index (κ2) is 5.79. The zero-order chi connectivity index (χ0) is 13.0. The Bertz CT molecular complexity index is 468. The lowest BCUT2D eigenvalue weighted by molar-refractivity contribution is 0.232. The van der Waals surface area contributed by atoms with Crippen LogP contribution in [0.5, 0.6) is 0 Å². The van der Waals surface area contributed by atoms with Crippen LogP contribution in [0, 0.1) is 17.1 Å². The van der Waals surface area contributed by atoms with Gasteiger partial charge in [-0.15, -0.1) is 6.58 Å². The second-order valence-electron chi connectivity index (χ2n) is 4.68. The third-order valence-electron chi connectivity index (χ3n) is 3.57. The van der Waals surface area contributed by atoms with Crippen LogP contribution in [0.3, 0.4) is 0 Å². The van der Waals surface area contributed by atoms with E-state index in [2.05, 4.69) is 11.5 Å². The van der Waals surface area contributed by atoms with Gasteiger partial charge in [0.15, 0.2) is 0 Å². The molecule has 0 spiro atoms. The first kappa shape index (κ1) is 12.8. The van der Waals surface area contributed by atoms with Crippen molar-refractivity contribution >= 4 is 0 Å². The van der Waals surface area contributed by atoms with Gasteiger partial charge in [-0.05, 0) is 43.5 Å². The Morgan fingerprint density at radius 3 is 2.78 bits per heavy atom.